The molecule has 2 N–H and O–H groups in total. The van der Waals surface area contributed by atoms with Gasteiger partial charge in [-0.05, 0) is 32.0 Å². The Balaban J connectivity index is 2.49. The highest BCUT2D eigenvalue weighted by molar-refractivity contribution is 6.43. The van der Waals surface area contributed by atoms with Crippen LogP contribution >= 0.6 is 0 Å². The Morgan fingerprint density at radius 3 is 2.60 bits per heavy atom. The molecular formula is C11H17N3O. The summed E-state index contributed by atoms with van der Waals surface area (Å²) in [7, 11) is 0. The van der Waals surface area contributed by atoms with E-state index in [4.69, 9.17) is 0 Å². The monoisotopic (exact) mass is 207 g/mol. The molecule has 82 valence electrons. The highest BCUT2D eigenvalue weighted by Gasteiger charge is 2.16. The van der Waals surface area contributed by atoms with Crippen molar-refractivity contribution in [2.24, 2.45) is 4.99 Å². The quantitative estimate of drug-likeness (QED) is 0.664. The summed E-state index contributed by atoms with van der Waals surface area (Å²) in [5, 5.41) is 6.16. The maximum atomic E-state index is 11.7. The molecule has 0 aromatic heterocycles. The van der Waals surface area contributed by atoms with Gasteiger partial charge in [0.15, 0.2) is 0 Å². The van der Waals surface area contributed by atoms with Gasteiger partial charge in [0, 0.05) is 12.2 Å². The molecule has 1 saturated heterocycles. The number of nitrogens with one attached hydrogen (secondary N) is 2. The lowest BCUT2D eigenvalue weighted by molar-refractivity contribution is -0.115. The van der Waals surface area contributed by atoms with Crippen LogP contribution in [0.4, 0.5) is 0 Å². The van der Waals surface area contributed by atoms with Gasteiger partial charge in [-0.3, -0.25) is 9.79 Å². The van der Waals surface area contributed by atoms with Gasteiger partial charge in [0.05, 0.1) is 0 Å². The minimum atomic E-state index is -0.170. The van der Waals surface area contributed by atoms with Crippen LogP contribution < -0.4 is 10.6 Å². The Morgan fingerprint density at radius 2 is 2.07 bits per heavy atom. The van der Waals surface area contributed by atoms with Crippen LogP contribution in [0, 0.1) is 0 Å². The number of amides is 1. The van der Waals surface area contributed by atoms with Crippen LogP contribution in [-0.4, -0.2) is 30.8 Å². The minimum absolute atomic E-state index is 0.170. The largest absolute Gasteiger partial charge is 0.348 e. The molecule has 15 heavy (non-hydrogen) atoms. The molecule has 1 aliphatic rings. The van der Waals surface area contributed by atoms with E-state index >= 15 is 0 Å². The Labute approximate surface area is 90.2 Å². The smallest absolute Gasteiger partial charge is 0.270 e. The molecule has 4 nitrogen and oxygen atoms in total. The molecule has 0 radical (unpaired) electrons. The lowest BCUT2D eigenvalue weighted by Gasteiger charge is -2.23. The van der Waals surface area contributed by atoms with E-state index in [1.165, 1.54) is 12.3 Å². The lowest BCUT2D eigenvalue weighted by atomic mass is 10.1. The van der Waals surface area contributed by atoms with Crippen LogP contribution in [0.2, 0.25) is 0 Å². The van der Waals surface area contributed by atoms with Gasteiger partial charge in [0.2, 0.25) is 0 Å². The fourth-order valence-corrected chi connectivity index (χ4v) is 1.53. The van der Waals surface area contributed by atoms with Crippen molar-refractivity contribution >= 4 is 11.6 Å². The summed E-state index contributed by atoms with van der Waals surface area (Å²) < 4.78 is 0. The molecule has 1 aliphatic heterocycles. The number of piperidine rings is 1. The van der Waals surface area contributed by atoms with Crippen LogP contribution in [0.5, 0.6) is 0 Å². The van der Waals surface area contributed by atoms with E-state index in [1.807, 2.05) is 0 Å². The summed E-state index contributed by atoms with van der Waals surface area (Å²) in [5.74, 6) is -0.170. The molecule has 1 fully saturated rings. The Bertz CT molecular complexity index is 278. The Hall–Kier alpha value is -1.42. The summed E-state index contributed by atoms with van der Waals surface area (Å²) in [6.07, 6.45) is 4.71. The zero-order valence-electron chi connectivity index (χ0n) is 8.83. The Kier molecular flexibility index (Phi) is 4.77. The molecule has 0 bridgehead atoms. The van der Waals surface area contributed by atoms with E-state index in [2.05, 4.69) is 28.8 Å². The summed E-state index contributed by atoms with van der Waals surface area (Å²) in [6, 6.07) is 0.244. The maximum absolute atomic E-state index is 11.7. The third kappa shape index (κ3) is 3.67. The number of rotatable bonds is 4. The van der Waals surface area contributed by atoms with Crippen molar-refractivity contribution in [1.29, 1.82) is 0 Å². The summed E-state index contributed by atoms with van der Waals surface area (Å²) >= 11 is 0. The number of hydrogen-bond donors (Lipinski definition) is 2. The van der Waals surface area contributed by atoms with Gasteiger partial charge in [-0.2, -0.15) is 0 Å². The molecule has 1 rings (SSSR count). The van der Waals surface area contributed by atoms with E-state index in [9.17, 15) is 4.79 Å². The number of hydrogen-bond acceptors (Lipinski definition) is 3. The number of aliphatic imine (C=N–C) groups is 1. The zero-order chi connectivity index (χ0) is 11.1. The molecule has 4 heteroatoms. The van der Waals surface area contributed by atoms with Crippen LogP contribution in [0.15, 0.2) is 30.4 Å². The van der Waals surface area contributed by atoms with Gasteiger partial charge >= 0.3 is 0 Å². The number of nitrogens with zero attached hydrogens (tertiary/aromatic N) is 1. The van der Waals surface area contributed by atoms with Crippen molar-refractivity contribution in [3.8, 4) is 0 Å². The first kappa shape index (κ1) is 11.7. The predicted octanol–water partition coefficient (Wildman–Crippen LogP) is 0.625. The van der Waals surface area contributed by atoms with Crippen LogP contribution in [0.25, 0.3) is 0 Å². The molecule has 0 spiro atoms. The van der Waals surface area contributed by atoms with Gasteiger partial charge in [-0.1, -0.05) is 13.2 Å². The zero-order valence-corrected chi connectivity index (χ0v) is 8.83. The third-order valence-electron chi connectivity index (χ3n) is 2.33. The lowest BCUT2D eigenvalue weighted by Crippen LogP contribution is -2.44. The van der Waals surface area contributed by atoms with E-state index < -0.39 is 0 Å². The molecule has 1 heterocycles. The van der Waals surface area contributed by atoms with Crippen LogP contribution in [-0.2, 0) is 4.79 Å². The van der Waals surface area contributed by atoms with E-state index in [0.29, 0.717) is 5.71 Å². The first-order valence-electron chi connectivity index (χ1n) is 5.10. The number of carbonyl (C=O) groups excluding carboxylic acids is 1. The average Bonchev–Trinajstić information content (AvgIpc) is 2.27. The molecule has 0 atom stereocenters. The van der Waals surface area contributed by atoms with E-state index in [0.717, 1.165) is 25.9 Å². The van der Waals surface area contributed by atoms with Gasteiger partial charge in [-0.25, -0.2) is 0 Å². The van der Waals surface area contributed by atoms with Crippen molar-refractivity contribution in [2.45, 2.75) is 18.9 Å². The standard InChI is InChI=1S/C11H17N3O/c1-3-10(13-4-2)11(15)14-9-5-7-12-8-6-9/h3-4,9,12H,1-2,5-8H2,(H,14,15). The average molecular weight is 207 g/mol. The highest BCUT2D eigenvalue weighted by Crippen LogP contribution is 2.01. The molecule has 0 aromatic carbocycles. The van der Waals surface area contributed by atoms with E-state index in [1.54, 1.807) is 0 Å². The van der Waals surface area contributed by atoms with Crippen molar-refractivity contribution in [3.63, 3.8) is 0 Å². The van der Waals surface area contributed by atoms with Gasteiger partial charge in [0.25, 0.3) is 5.91 Å². The van der Waals surface area contributed by atoms with Crippen molar-refractivity contribution in [3.05, 3.63) is 25.4 Å². The molecule has 0 saturated carbocycles. The van der Waals surface area contributed by atoms with Crippen molar-refractivity contribution in [1.82, 2.24) is 10.6 Å². The summed E-state index contributed by atoms with van der Waals surface area (Å²) in [4.78, 5) is 15.5. The van der Waals surface area contributed by atoms with Gasteiger partial charge in [0.1, 0.15) is 5.71 Å². The highest BCUT2D eigenvalue weighted by atomic mass is 16.1. The molecular weight excluding hydrogens is 190 g/mol. The Morgan fingerprint density at radius 1 is 1.40 bits per heavy atom. The van der Waals surface area contributed by atoms with E-state index in [-0.39, 0.29) is 11.9 Å². The van der Waals surface area contributed by atoms with Gasteiger partial charge < -0.3 is 10.6 Å². The minimum Gasteiger partial charge on any atom is -0.348 e. The topological polar surface area (TPSA) is 53.5 Å². The fourth-order valence-electron chi connectivity index (χ4n) is 1.53. The molecule has 0 unspecified atom stereocenters. The molecule has 1 amide bonds. The van der Waals surface area contributed by atoms with Crippen LogP contribution in [0.1, 0.15) is 12.8 Å². The van der Waals surface area contributed by atoms with Crippen molar-refractivity contribution in [2.75, 3.05) is 13.1 Å². The van der Waals surface area contributed by atoms with Crippen LogP contribution in [0.3, 0.4) is 0 Å². The fraction of sp³-hybridized carbons (Fsp3) is 0.455. The second-order valence-electron chi connectivity index (χ2n) is 3.40. The second-order valence-corrected chi connectivity index (χ2v) is 3.40. The predicted molar refractivity (Wildman–Crippen MR) is 61.9 cm³/mol. The molecule has 0 aromatic rings. The third-order valence-corrected chi connectivity index (χ3v) is 2.33. The first-order chi connectivity index (χ1) is 7.27. The SMILES string of the molecule is C=CN=C(C=C)C(=O)NC1CCNCC1. The van der Waals surface area contributed by atoms with Crippen molar-refractivity contribution < 1.29 is 4.79 Å². The summed E-state index contributed by atoms with van der Waals surface area (Å²) in [5.41, 5.74) is 0.323. The maximum Gasteiger partial charge on any atom is 0.270 e. The molecule has 0 aliphatic carbocycles. The van der Waals surface area contributed by atoms with Gasteiger partial charge in [-0.15, -0.1) is 0 Å². The second kappa shape index (κ2) is 6.14. The first-order valence-corrected chi connectivity index (χ1v) is 5.10. The summed E-state index contributed by atoms with van der Waals surface area (Å²) in [6.45, 7) is 8.90. The normalized spacial score (nSPS) is 18.3. The number of carbonyl (C=O) groups is 1.